The van der Waals surface area contributed by atoms with Crippen LogP contribution in [0.15, 0.2) is 18.2 Å². The Morgan fingerprint density at radius 1 is 1.41 bits per heavy atom. The maximum Gasteiger partial charge on any atom is 0.0699 e. The van der Waals surface area contributed by atoms with Crippen LogP contribution in [0.5, 0.6) is 0 Å². The van der Waals surface area contributed by atoms with Crippen molar-refractivity contribution in [3.05, 3.63) is 34.9 Å². The highest BCUT2D eigenvalue weighted by Gasteiger charge is 2.38. The molecule has 1 saturated heterocycles. The Balaban J connectivity index is 2.36. The van der Waals surface area contributed by atoms with Crippen LogP contribution in [0.25, 0.3) is 0 Å². The summed E-state index contributed by atoms with van der Waals surface area (Å²) in [6, 6.07) is 7.20. The maximum atomic E-state index is 5.82. The smallest absolute Gasteiger partial charge is 0.0699 e. The Hall–Kier alpha value is -1.26. The number of nitrogens with one attached hydrogen (secondary N) is 1. The molecule has 1 fully saturated rings. The molecule has 1 heteroatoms. The highest BCUT2D eigenvalue weighted by Crippen LogP contribution is 2.34. The summed E-state index contributed by atoms with van der Waals surface area (Å²) < 4.78 is 0. The lowest BCUT2D eigenvalue weighted by atomic mass is 9.78. The molecule has 1 aliphatic rings. The SMILES string of the molecule is C#CC1(c2ccc(C)c(C)c2)CNC(CC)C1. The molecule has 1 N–H and O–H groups in total. The Morgan fingerprint density at radius 3 is 2.71 bits per heavy atom. The predicted octanol–water partition coefficient (Wildman–Crippen LogP) is 2.95. The van der Waals surface area contributed by atoms with Crippen LogP contribution >= 0.6 is 0 Å². The third-order valence-corrected chi connectivity index (χ3v) is 4.12. The van der Waals surface area contributed by atoms with Gasteiger partial charge in [-0.25, -0.2) is 0 Å². The highest BCUT2D eigenvalue weighted by molar-refractivity contribution is 5.41. The second-order valence-electron chi connectivity index (χ2n) is 5.22. The lowest BCUT2D eigenvalue weighted by molar-refractivity contribution is 0.558. The zero-order valence-corrected chi connectivity index (χ0v) is 11.0. The molecule has 0 bridgehead atoms. The first-order valence-corrected chi connectivity index (χ1v) is 6.40. The van der Waals surface area contributed by atoms with Crippen LogP contribution in [0.1, 0.15) is 36.5 Å². The average molecular weight is 227 g/mol. The number of aryl methyl sites for hydroxylation is 2. The number of benzene rings is 1. The summed E-state index contributed by atoms with van der Waals surface area (Å²) in [4.78, 5) is 0. The third kappa shape index (κ3) is 2.10. The van der Waals surface area contributed by atoms with Gasteiger partial charge >= 0.3 is 0 Å². The predicted molar refractivity (Wildman–Crippen MR) is 73.1 cm³/mol. The van der Waals surface area contributed by atoms with Crippen molar-refractivity contribution >= 4 is 0 Å². The van der Waals surface area contributed by atoms with E-state index in [1.54, 1.807) is 0 Å². The summed E-state index contributed by atoms with van der Waals surface area (Å²) in [5, 5.41) is 3.54. The molecule has 0 amide bonds. The van der Waals surface area contributed by atoms with Gasteiger partial charge in [-0.05, 0) is 43.4 Å². The summed E-state index contributed by atoms with van der Waals surface area (Å²) >= 11 is 0. The van der Waals surface area contributed by atoms with Gasteiger partial charge in [0, 0.05) is 12.6 Å². The lowest BCUT2D eigenvalue weighted by Crippen LogP contribution is -2.27. The van der Waals surface area contributed by atoms with Crippen molar-refractivity contribution in [2.24, 2.45) is 0 Å². The fraction of sp³-hybridized carbons (Fsp3) is 0.500. The summed E-state index contributed by atoms with van der Waals surface area (Å²) in [5.41, 5.74) is 3.86. The van der Waals surface area contributed by atoms with E-state index in [1.807, 2.05) is 0 Å². The monoisotopic (exact) mass is 227 g/mol. The first kappa shape index (κ1) is 12.2. The Morgan fingerprint density at radius 2 is 2.18 bits per heavy atom. The second kappa shape index (κ2) is 4.55. The van der Waals surface area contributed by atoms with Gasteiger partial charge in [-0.2, -0.15) is 0 Å². The van der Waals surface area contributed by atoms with Crippen molar-refractivity contribution in [2.75, 3.05) is 6.54 Å². The second-order valence-corrected chi connectivity index (χ2v) is 5.22. The van der Waals surface area contributed by atoms with Crippen molar-refractivity contribution < 1.29 is 0 Å². The number of hydrogen-bond acceptors (Lipinski definition) is 1. The Bertz CT molecular complexity index is 455. The van der Waals surface area contributed by atoms with E-state index in [9.17, 15) is 0 Å². The first-order valence-electron chi connectivity index (χ1n) is 6.40. The molecule has 1 aliphatic heterocycles. The van der Waals surface area contributed by atoms with Crippen LogP contribution in [0.4, 0.5) is 0 Å². The molecule has 2 unspecified atom stereocenters. The molecule has 90 valence electrons. The summed E-state index contributed by atoms with van der Waals surface area (Å²) in [6.07, 6.45) is 8.02. The van der Waals surface area contributed by atoms with Gasteiger partial charge in [-0.1, -0.05) is 31.0 Å². The van der Waals surface area contributed by atoms with E-state index in [0.717, 1.165) is 19.4 Å². The molecular formula is C16H21N. The minimum absolute atomic E-state index is 0.0981. The molecule has 0 aliphatic carbocycles. The molecule has 0 radical (unpaired) electrons. The van der Waals surface area contributed by atoms with Crippen LogP contribution in [-0.4, -0.2) is 12.6 Å². The molecule has 1 nitrogen and oxygen atoms in total. The zero-order valence-electron chi connectivity index (χ0n) is 11.0. The topological polar surface area (TPSA) is 12.0 Å². The van der Waals surface area contributed by atoms with Crippen LogP contribution in [0, 0.1) is 26.2 Å². The van der Waals surface area contributed by atoms with Crippen molar-refractivity contribution in [2.45, 2.75) is 45.1 Å². The van der Waals surface area contributed by atoms with Gasteiger partial charge in [0.05, 0.1) is 5.41 Å². The van der Waals surface area contributed by atoms with Gasteiger partial charge in [-0.15, -0.1) is 6.42 Å². The minimum Gasteiger partial charge on any atom is -0.312 e. The molecule has 1 aromatic carbocycles. The molecule has 17 heavy (non-hydrogen) atoms. The molecular weight excluding hydrogens is 206 g/mol. The van der Waals surface area contributed by atoms with Crippen LogP contribution in [-0.2, 0) is 5.41 Å². The van der Waals surface area contributed by atoms with E-state index >= 15 is 0 Å². The van der Waals surface area contributed by atoms with Gasteiger partial charge in [0.1, 0.15) is 0 Å². The summed E-state index contributed by atoms with van der Waals surface area (Å²) in [6.45, 7) is 7.42. The van der Waals surface area contributed by atoms with Gasteiger partial charge in [0.2, 0.25) is 0 Å². The Labute approximate surface area is 105 Å². The van der Waals surface area contributed by atoms with Crippen LogP contribution in [0.3, 0.4) is 0 Å². The average Bonchev–Trinajstić information content (AvgIpc) is 2.77. The van der Waals surface area contributed by atoms with Gasteiger partial charge in [0.15, 0.2) is 0 Å². The summed E-state index contributed by atoms with van der Waals surface area (Å²) in [7, 11) is 0. The quantitative estimate of drug-likeness (QED) is 0.766. The third-order valence-electron chi connectivity index (χ3n) is 4.12. The standard InChI is InChI=1S/C16H21N/c1-5-15-10-16(6-2,11-17-15)14-8-7-12(3)13(4)9-14/h2,7-9,15,17H,5,10-11H2,1,3-4H3. The number of terminal acetylenes is 1. The Kier molecular flexibility index (Phi) is 3.26. The maximum absolute atomic E-state index is 5.82. The van der Waals surface area contributed by atoms with Gasteiger partial charge < -0.3 is 5.32 Å². The van der Waals surface area contributed by atoms with E-state index in [1.165, 1.54) is 16.7 Å². The fourth-order valence-electron chi connectivity index (χ4n) is 2.62. The van der Waals surface area contributed by atoms with Crippen LogP contribution < -0.4 is 5.32 Å². The van der Waals surface area contributed by atoms with Crippen molar-refractivity contribution in [1.29, 1.82) is 0 Å². The van der Waals surface area contributed by atoms with E-state index in [-0.39, 0.29) is 5.41 Å². The molecule has 1 heterocycles. The molecule has 1 aromatic rings. The largest absolute Gasteiger partial charge is 0.312 e. The van der Waals surface area contributed by atoms with Crippen molar-refractivity contribution in [1.82, 2.24) is 5.32 Å². The normalized spacial score (nSPS) is 28.0. The molecule has 0 saturated carbocycles. The molecule has 0 spiro atoms. The van der Waals surface area contributed by atoms with E-state index in [4.69, 9.17) is 6.42 Å². The van der Waals surface area contributed by atoms with Crippen molar-refractivity contribution in [3.8, 4) is 12.3 Å². The van der Waals surface area contributed by atoms with Gasteiger partial charge in [-0.3, -0.25) is 0 Å². The first-order chi connectivity index (χ1) is 8.11. The zero-order chi connectivity index (χ0) is 12.5. The number of rotatable bonds is 2. The molecule has 2 atom stereocenters. The van der Waals surface area contributed by atoms with Crippen LogP contribution in [0.2, 0.25) is 0 Å². The minimum atomic E-state index is -0.0981. The molecule has 0 aromatic heterocycles. The molecule has 2 rings (SSSR count). The highest BCUT2D eigenvalue weighted by atomic mass is 15.0. The fourth-order valence-corrected chi connectivity index (χ4v) is 2.62. The van der Waals surface area contributed by atoms with E-state index in [0.29, 0.717) is 6.04 Å². The summed E-state index contributed by atoms with van der Waals surface area (Å²) in [5.74, 6) is 3.04. The van der Waals surface area contributed by atoms with Crippen molar-refractivity contribution in [3.63, 3.8) is 0 Å². The van der Waals surface area contributed by atoms with E-state index in [2.05, 4.69) is 50.2 Å². The van der Waals surface area contributed by atoms with Gasteiger partial charge in [0.25, 0.3) is 0 Å². The lowest BCUT2D eigenvalue weighted by Gasteiger charge is -2.23. The number of hydrogen-bond donors (Lipinski definition) is 1. The van der Waals surface area contributed by atoms with E-state index < -0.39 is 0 Å².